The van der Waals surface area contributed by atoms with Crippen molar-refractivity contribution in [1.29, 1.82) is 0 Å². The number of piperidine rings is 1. The monoisotopic (exact) mass is 207 g/mol. The number of imidazole rings is 1. The number of nitrogens with zero attached hydrogens (tertiary/aromatic N) is 3. The Kier molecular flexibility index (Phi) is 1.94. The summed E-state index contributed by atoms with van der Waals surface area (Å²) in [5.41, 5.74) is 0. The van der Waals surface area contributed by atoms with Crippen LogP contribution in [0.3, 0.4) is 0 Å². The van der Waals surface area contributed by atoms with E-state index in [0.29, 0.717) is 0 Å². The van der Waals surface area contributed by atoms with Crippen LogP contribution in [0.5, 0.6) is 0 Å². The molecule has 0 spiro atoms. The van der Waals surface area contributed by atoms with Crippen LogP contribution in [0.1, 0.15) is 19.3 Å². The van der Waals surface area contributed by atoms with E-state index < -0.39 is 0 Å². The van der Waals surface area contributed by atoms with Gasteiger partial charge in [-0.3, -0.25) is 4.40 Å². The predicted octanol–water partition coefficient (Wildman–Crippen LogP) is 2.39. The van der Waals surface area contributed by atoms with E-state index in [1.165, 1.54) is 32.4 Å². The number of anilines is 1. The fourth-order valence-corrected chi connectivity index (χ4v) is 2.69. The molecule has 4 heteroatoms. The smallest absolute Gasteiger partial charge is 0.195 e. The summed E-state index contributed by atoms with van der Waals surface area (Å²) in [6, 6.07) is 0. The second-order valence-electron chi connectivity index (χ2n) is 3.74. The van der Waals surface area contributed by atoms with Gasteiger partial charge in [0.05, 0.1) is 6.20 Å². The van der Waals surface area contributed by atoms with Crippen LogP contribution in [0, 0.1) is 0 Å². The molecule has 0 atom stereocenters. The Hall–Kier alpha value is -1.03. The standard InChI is InChI=1S/C10H13N3S/c1-2-4-12(5-3-1)9-8-13-6-7-14-10(13)11-9/h6-8H,1-5H2. The van der Waals surface area contributed by atoms with Gasteiger partial charge >= 0.3 is 0 Å². The van der Waals surface area contributed by atoms with Crippen LogP contribution in [0.15, 0.2) is 17.8 Å². The largest absolute Gasteiger partial charge is 0.355 e. The molecule has 0 N–H and O–H groups in total. The van der Waals surface area contributed by atoms with Crippen LogP contribution >= 0.6 is 11.3 Å². The minimum absolute atomic E-state index is 1.10. The zero-order valence-corrected chi connectivity index (χ0v) is 8.83. The molecule has 0 amide bonds. The highest BCUT2D eigenvalue weighted by Gasteiger charge is 2.13. The second kappa shape index (κ2) is 3.28. The van der Waals surface area contributed by atoms with Crippen LogP contribution < -0.4 is 4.90 Å². The predicted molar refractivity (Wildman–Crippen MR) is 59.1 cm³/mol. The van der Waals surface area contributed by atoms with E-state index >= 15 is 0 Å². The maximum Gasteiger partial charge on any atom is 0.195 e. The summed E-state index contributed by atoms with van der Waals surface area (Å²) in [5.74, 6) is 1.15. The molecule has 0 unspecified atom stereocenters. The zero-order valence-electron chi connectivity index (χ0n) is 8.02. The van der Waals surface area contributed by atoms with Crippen molar-refractivity contribution in [2.75, 3.05) is 18.0 Å². The Balaban J connectivity index is 1.92. The van der Waals surface area contributed by atoms with Crippen LogP contribution in [0.25, 0.3) is 4.96 Å². The zero-order chi connectivity index (χ0) is 9.38. The topological polar surface area (TPSA) is 20.5 Å². The first-order chi connectivity index (χ1) is 6.93. The number of thiazole rings is 1. The van der Waals surface area contributed by atoms with E-state index in [1.54, 1.807) is 11.3 Å². The molecule has 0 bridgehead atoms. The molecule has 1 aliphatic rings. The minimum atomic E-state index is 1.10. The molecule has 0 aliphatic carbocycles. The van der Waals surface area contributed by atoms with Gasteiger partial charge in [-0.05, 0) is 19.3 Å². The third-order valence-corrected chi connectivity index (χ3v) is 3.53. The summed E-state index contributed by atoms with van der Waals surface area (Å²) in [7, 11) is 0. The Morgan fingerprint density at radius 3 is 2.86 bits per heavy atom. The molecule has 1 saturated heterocycles. The first kappa shape index (κ1) is 8.29. The van der Waals surface area contributed by atoms with E-state index in [4.69, 9.17) is 0 Å². The average molecular weight is 207 g/mol. The van der Waals surface area contributed by atoms with Crippen molar-refractivity contribution in [3.63, 3.8) is 0 Å². The fourth-order valence-electron chi connectivity index (χ4n) is 1.99. The van der Waals surface area contributed by atoms with E-state index in [1.807, 2.05) is 0 Å². The molecule has 2 aromatic heterocycles. The Morgan fingerprint density at radius 1 is 1.21 bits per heavy atom. The Morgan fingerprint density at radius 2 is 2.07 bits per heavy atom. The third kappa shape index (κ3) is 1.30. The highest BCUT2D eigenvalue weighted by Crippen LogP contribution is 2.21. The number of aromatic nitrogens is 2. The fraction of sp³-hybridized carbons (Fsp3) is 0.500. The number of hydrogen-bond acceptors (Lipinski definition) is 3. The summed E-state index contributed by atoms with van der Waals surface area (Å²) in [5, 5.41) is 2.07. The molecular weight excluding hydrogens is 194 g/mol. The maximum atomic E-state index is 4.60. The molecule has 0 aromatic carbocycles. The lowest BCUT2D eigenvalue weighted by Crippen LogP contribution is -2.29. The third-order valence-electron chi connectivity index (χ3n) is 2.76. The SMILES string of the molecule is c1cn2cc(N3CCCCC3)nc2s1. The molecule has 74 valence electrons. The van der Waals surface area contributed by atoms with Crippen molar-refractivity contribution in [1.82, 2.24) is 9.38 Å². The highest BCUT2D eigenvalue weighted by molar-refractivity contribution is 7.15. The molecule has 1 aliphatic heterocycles. The van der Waals surface area contributed by atoms with E-state index in [0.717, 1.165) is 10.8 Å². The molecule has 0 radical (unpaired) electrons. The molecule has 3 heterocycles. The molecule has 2 aromatic rings. The maximum absolute atomic E-state index is 4.60. The van der Waals surface area contributed by atoms with Crippen molar-refractivity contribution in [2.45, 2.75) is 19.3 Å². The van der Waals surface area contributed by atoms with Crippen LogP contribution in [-0.4, -0.2) is 22.5 Å². The van der Waals surface area contributed by atoms with E-state index in [9.17, 15) is 0 Å². The van der Waals surface area contributed by atoms with Gasteiger partial charge in [0.25, 0.3) is 0 Å². The molecule has 1 fully saturated rings. The van der Waals surface area contributed by atoms with Crippen molar-refractivity contribution in [3.8, 4) is 0 Å². The van der Waals surface area contributed by atoms with Gasteiger partial charge in [-0.15, -0.1) is 11.3 Å². The number of rotatable bonds is 1. The summed E-state index contributed by atoms with van der Waals surface area (Å²) < 4.78 is 2.11. The van der Waals surface area contributed by atoms with Gasteiger partial charge in [0, 0.05) is 24.7 Å². The summed E-state index contributed by atoms with van der Waals surface area (Å²) in [6.45, 7) is 2.34. The molecule has 14 heavy (non-hydrogen) atoms. The number of fused-ring (bicyclic) bond motifs is 1. The first-order valence-corrected chi connectivity index (χ1v) is 5.98. The summed E-state index contributed by atoms with van der Waals surface area (Å²) >= 11 is 1.70. The van der Waals surface area contributed by atoms with Gasteiger partial charge in [0.1, 0.15) is 5.82 Å². The molecule has 3 rings (SSSR count). The van der Waals surface area contributed by atoms with Gasteiger partial charge in [-0.1, -0.05) is 0 Å². The van der Waals surface area contributed by atoms with Crippen molar-refractivity contribution < 1.29 is 0 Å². The van der Waals surface area contributed by atoms with Crippen molar-refractivity contribution >= 4 is 22.1 Å². The van der Waals surface area contributed by atoms with E-state index in [2.05, 4.69) is 32.1 Å². The van der Waals surface area contributed by atoms with Crippen LogP contribution in [-0.2, 0) is 0 Å². The molecule has 3 nitrogen and oxygen atoms in total. The lowest BCUT2D eigenvalue weighted by atomic mass is 10.1. The van der Waals surface area contributed by atoms with Crippen LogP contribution in [0.2, 0.25) is 0 Å². The summed E-state index contributed by atoms with van der Waals surface area (Å²) in [4.78, 5) is 8.10. The van der Waals surface area contributed by atoms with Gasteiger partial charge in [-0.2, -0.15) is 0 Å². The Labute approximate surface area is 87.0 Å². The summed E-state index contributed by atoms with van der Waals surface area (Å²) in [6.07, 6.45) is 8.20. The Bertz CT molecular complexity index is 397. The van der Waals surface area contributed by atoms with Gasteiger partial charge in [-0.25, -0.2) is 4.98 Å². The average Bonchev–Trinajstić information content (AvgIpc) is 2.78. The normalized spacial score (nSPS) is 17.9. The van der Waals surface area contributed by atoms with E-state index in [-0.39, 0.29) is 0 Å². The number of hydrogen-bond donors (Lipinski definition) is 0. The quantitative estimate of drug-likeness (QED) is 0.715. The van der Waals surface area contributed by atoms with Crippen LogP contribution in [0.4, 0.5) is 5.82 Å². The minimum Gasteiger partial charge on any atom is -0.355 e. The molecule has 0 saturated carbocycles. The van der Waals surface area contributed by atoms with Gasteiger partial charge < -0.3 is 4.90 Å². The first-order valence-electron chi connectivity index (χ1n) is 5.11. The van der Waals surface area contributed by atoms with Crippen molar-refractivity contribution in [2.24, 2.45) is 0 Å². The second-order valence-corrected chi connectivity index (χ2v) is 4.61. The van der Waals surface area contributed by atoms with Gasteiger partial charge in [0.2, 0.25) is 0 Å². The van der Waals surface area contributed by atoms with Crippen molar-refractivity contribution in [3.05, 3.63) is 17.8 Å². The molecular formula is C10H13N3S. The lowest BCUT2D eigenvalue weighted by molar-refractivity contribution is 0.574. The highest BCUT2D eigenvalue weighted by atomic mass is 32.1. The lowest BCUT2D eigenvalue weighted by Gasteiger charge is -2.26. The van der Waals surface area contributed by atoms with Gasteiger partial charge in [0.15, 0.2) is 4.96 Å².